The Bertz CT molecular complexity index is 343. The van der Waals surface area contributed by atoms with Crippen LogP contribution in [0.3, 0.4) is 0 Å². The van der Waals surface area contributed by atoms with Crippen molar-refractivity contribution in [3.8, 4) is 0 Å². The number of carbonyl (C=O) groups excluding carboxylic acids is 1. The molecule has 1 aromatic carbocycles. The number of hydrogen-bond donors (Lipinski definition) is 1. The average Bonchev–Trinajstić information content (AvgIpc) is 2.17. The fourth-order valence-electron chi connectivity index (χ4n) is 1.32. The SMILES string of the molecule is CC(CC(=O)Nc1ccccc1)[Si](C)(C)C. The smallest absolute Gasteiger partial charge is 0.224 e. The Morgan fingerprint density at radius 2 is 1.81 bits per heavy atom. The zero-order valence-corrected chi connectivity index (χ0v) is 11.6. The van der Waals surface area contributed by atoms with Gasteiger partial charge in [0.05, 0.1) is 0 Å². The van der Waals surface area contributed by atoms with Crippen LogP contribution >= 0.6 is 0 Å². The molecule has 1 unspecified atom stereocenters. The van der Waals surface area contributed by atoms with Gasteiger partial charge in [-0.3, -0.25) is 4.79 Å². The van der Waals surface area contributed by atoms with E-state index >= 15 is 0 Å². The fraction of sp³-hybridized carbons (Fsp3) is 0.462. The molecule has 0 saturated carbocycles. The summed E-state index contributed by atoms with van der Waals surface area (Å²) in [6.45, 7) is 9.07. The van der Waals surface area contributed by atoms with Crippen molar-refractivity contribution in [1.82, 2.24) is 0 Å². The van der Waals surface area contributed by atoms with Gasteiger partial charge in [-0.2, -0.15) is 0 Å². The maximum Gasteiger partial charge on any atom is 0.224 e. The van der Waals surface area contributed by atoms with E-state index in [0.29, 0.717) is 12.0 Å². The lowest BCUT2D eigenvalue weighted by molar-refractivity contribution is -0.116. The number of carbonyl (C=O) groups is 1. The molecule has 0 aromatic heterocycles. The highest BCUT2D eigenvalue weighted by atomic mass is 28.3. The molecular weight excluding hydrogens is 214 g/mol. The number of nitrogens with one attached hydrogen (secondary N) is 1. The van der Waals surface area contributed by atoms with Crippen molar-refractivity contribution in [3.05, 3.63) is 30.3 Å². The van der Waals surface area contributed by atoms with E-state index in [1.54, 1.807) is 0 Å². The standard InChI is InChI=1S/C13H21NOSi/c1-11(16(2,3)4)10-13(15)14-12-8-6-5-7-9-12/h5-9,11H,10H2,1-4H3,(H,14,15). The van der Waals surface area contributed by atoms with Gasteiger partial charge in [-0.15, -0.1) is 0 Å². The second-order valence-electron chi connectivity index (χ2n) is 5.39. The number of anilines is 1. The van der Waals surface area contributed by atoms with Crippen LogP contribution in [-0.2, 0) is 4.79 Å². The highest BCUT2D eigenvalue weighted by Crippen LogP contribution is 2.24. The Kier molecular flexibility index (Phi) is 4.30. The maximum atomic E-state index is 11.8. The summed E-state index contributed by atoms with van der Waals surface area (Å²) in [5.74, 6) is 0.126. The third-order valence-electron chi connectivity index (χ3n) is 3.03. The monoisotopic (exact) mass is 235 g/mol. The minimum atomic E-state index is -1.20. The molecule has 88 valence electrons. The van der Waals surface area contributed by atoms with Gasteiger partial charge in [-0.05, 0) is 17.7 Å². The third-order valence-corrected chi connectivity index (χ3v) is 6.19. The fourth-order valence-corrected chi connectivity index (χ4v) is 2.12. The molecule has 0 saturated heterocycles. The molecule has 0 aliphatic carbocycles. The predicted molar refractivity (Wildman–Crippen MR) is 72.5 cm³/mol. The Balaban J connectivity index is 2.49. The quantitative estimate of drug-likeness (QED) is 0.791. The van der Waals surface area contributed by atoms with Gasteiger partial charge < -0.3 is 5.32 Å². The van der Waals surface area contributed by atoms with Gasteiger partial charge in [-0.25, -0.2) is 0 Å². The molecule has 16 heavy (non-hydrogen) atoms. The second-order valence-corrected chi connectivity index (χ2v) is 11.1. The van der Waals surface area contributed by atoms with Crippen molar-refractivity contribution in [2.24, 2.45) is 0 Å². The Labute approximate surface area is 99.1 Å². The highest BCUT2D eigenvalue weighted by molar-refractivity contribution is 6.77. The molecule has 0 bridgehead atoms. The van der Waals surface area contributed by atoms with Crippen molar-refractivity contribution in [3.63, 3.8) is 0 Å². The van der Waals surface area contributed by atoms with E-state index in [-0.39, 0.29) is 5.91 Å². The molecule has 3 heteroatoms. The van der Waals surface area contributed by atoms with Crippen LogP contribution in [-0.4, -0.2) is 14.0 Å². The van der Waals surface area contributed by atoms with E-state index in [1.807, 2.05) is 30.3 Å². The lowest BCUT2D eigenvalue weighted by atomic mass is 10.3. The van der Waals surface area contributed by atoms with Crippen molar-refractivity contribution >= 4 is 19.7 Å². The van der Waals surface area contributed by atoms with Gasteiger partial charge in [-0.1, -0.05) is 44.8 Å². The summed E-state index contributed by atoms with van der Waals surface area (Å²) >= 11 is 0. The molecule has 2 nitrogen and oxygen atoms in total. The summed E-state index contributed by atoms with van der Waals surface area (Å²) in [5, 5.41) is 2.93. The van der Waals surface area contributed by atoms with Crippen LogP contribution in [0.15, 0.2) is 30.3 Å². The molecule has 1 rings (SSSR count). The van der Waals surface area contributed by atoms with Gasteiger partial charge in [0.15, 0.2) is 0 Å². The zero-order valence-electron chi connectivity index (χ0n) is 10.6. The van der Waals surface area contributed by atoms with E-state index in [1.165, 1.54) is 0 Å². The van der Waals surface area contributed by atoms with E-state index in [4.69, 9.17) is 0 Å². The molecule has 0 spiro atoms. The molecule has 0 fully saturated rings. The molecular formula is C13H21NOSi. The Morgan fingerprint density at radius 3 is 2.31 bits per heavy atom. The molecule has 0 heterocycles. The summed E-state index contributed by atoms with van der Waals surface area (Å²) in [6, 6.07) is 9.63. The predicted octanol–water partition coefficient (Wildman–Crippen LogP) is 3.74. The minimum Gasteiger partial charge on any atom is -0.326 e. The van der Waals surface area contributed by atoms with Crippen molar-refractivity contribution in [2.45, 2.75) is 38.5 Å². The van der Waals surface area contributed by atoms with Gasteiger partial charge in [0.1, 0.15) is 0 Å². The number of benzene rings is 1. The van der Waals surface area contributed by atoms with Crippen LogP contribution in [0.4, 0.5) is 5.69 Å². The summed E-state index contributed by atoms with van der Waals surface area (Å²) in [5.41, 5.74) is 1.39. The lowest BCUT2D eigenvalue weighted by Crippen LogP contribution is -2.29. The van der Waals surface area contributed by atoms with Crippen LogP contribution in [0.5, 0.6) is 0 Å². The lowest BCUT2D eigenvalue weighted by Gasteiger charge is -2.24. The molecule has 1 atom stereocenters. The molecule has 1 aromatic rings. The first kappa shape index (κ1) is 13.0. The summed E-state index contributed by atoms with van der Waals surface area (Å²) < 4.78 is 0. The molecule has 1 N–H and O–H groups in total. The first-order valence-electron chi connectivity index (χ1n) is 5.74. The molecule has 0 aliphatic rings. The van der Waals surface area contributed by atoms with Gasteiger partial charge in [0.25, 0.3) is 0 Å². The molecule has 1 amide bonds. The van der Waals surface area contributed by atoms with Gasteiger partial charge in [0, 0.05) is 20.2 Å². The van der Waals surface area contributed by atoms with Crippen LogP contribution in [0.25, 0.3) is 0 Å². The summed E-state index contributed by atoms with van der Waals surface area (Å²) in [4.78, 5) is 11.8. The molecule has 0 radical (unpaired) electrons. The largest absolute Gasteiger partial charge is 0.326 e. The van der Waals surface area contributed by atoms with Crippen molar-refractivity contribution in [1.29, 1.82) is 0 Å². The van der Waals surface area contributed by atoms with E-state index < -0.39 is 8.07 Å². The van der Waals surface area contributed by atoms with E-state index in [9.17, 15) is 4.79 Å². The third kappa shape index (κ3) is 4.19. The van der Waals surface area contributed by atoms with E-state index in [0.717, 1.165) is 5.69 Å². The Hall–Kier alpha value is -1.09. The second kappa shape index (κ2) is 5.30. The first-order valence-corrected chi connectivity index (χ1v) is 9.32. The van der Waals surface area contributed by atoms with Crippen LogP contribution in [0.1, 0.15) is 13.3 Å². The summed E-state index contributed by atoms with van der Waals surface area (Å²) in [7, 11) is -1.20. The number of amides is 1. The summed E-state index contributed by atoms with van der Waals surface area (Å²) in [6.07, 6.45) is 0.630. The number of rotatable bonds is 4. The highest BCUT2D eigenvalue weighted by Gasteiger charge is 2.24. The Morgan fingerprint density at radius 1 is 1.25 bits per heavy atom. The normalized spacial score (nSPS) is 13.2. The van der Waals surface area contributed by atoms with Crippen LogP contribution < -0.4 is 5.32 Å². The first-order chi connectivity index (χ1) is 7.39. The molecule has 0 aliphatic heterocycles. The zero-order chi connectivity index (χ0) is 12.2. The van der Waals surface area contributed by atoms with E-state index in [2.05, 4.69) is 31.9 Å². The van der Waals surface area contributed by atoms with Crippen LogP contribution in [0.2, 0.25) is 25.2 Å². The van der Waals surface area contributed by atoms with Crippen molar-refractivity contribution < 1.29 is 4.79 Å². The average molecular weight is 235 g/mol. The van der Waals surface area contributed by atoms with Gasteiger partial charge >= 0.3 is 0 Å². The number of hydrogen-bond acceptors (Lipinski definition) is 1. The van der Waals surface area contributed by atoms with Crippen LogP contribution in [0, 0.1) is 0 Å². The topological polar surface area (TPSA) is 29.1 Å². The maximum absolute atomic E-state index is 11.8. The minimum absolute atomic E-state index is 0.126. The van der Waals surface area contributed by atoms with Gasteiger partial charge in [0.2, 0.25) is 5.91 Å². The van der Waals surface area contributed by atoms with Crippen molar-refractivity contribution in [2.75, 3.05) is 5.32 Å². The number of para-hydroxylation sites is 1.